The molecule has 4 aromatic rings. The molecule has 2 aliphatic heterocycles. The van der Waals surface area contributed by atoms with E-state index in [4.69, 9.17) is 11.6 Å². The van der Waals surface area contributed by atoms with Crippen LogP contribution in [0.15, 0.2) is 117 Å². The Morgan fingerprint density at radius 1 is 0.873 bits per heavy atom. The second-order valence-electron chi connectivity index (χ2n) is 15.7. The third-order valence-electron chi connectivity index (χ3n) is 10.9. The van der Waals surface area contributed by atoms with Crippen molar-refractivity contribution in [1.29, 1.82) is 0 Å². The molecule has 19 heteroatoms. The molecule has 0 unspecified atom stereocenters. The Morgan fingerprint density at radius 3 is 2.16 bits per heavy atom. The number of carbonyl (C=O) groups is 2. The SMILES string of the molecule is CC(=O)N1CCC(c2ccc(Cl)cc2)=C(CN2CCN(c3ccc(C(=O)NS(=O)(=O)c4ccc(N[C@H](CCN(C)C)CSc5ccccc5)c(S(=O)(=O)C(F)(F)F)c4)cc3)CC2)C1. The van der Waals surface area contributed by atoms with Gasteiger partial charge in [0.25, 0.3) is 25.8 Å². The lowest BCUT2D eigenvalue weighted by Gasteiger charge is -2.38. The Labute approximate surface area is 376 Å². The Balaban J connectivity index is 1.12. The zero-order valence-electron chi connectivity index (χ0n) is 35.1. The smallest absolute Gasteiger partial charge is 0.380 e. The summed E-state index contributed by atoms with van der Waals surface area (Å²) in [5.41, 5.74) is -1.90. The fourth-order valence-corrected chi connectivity index (χ4v) is 10.6. The normalized spacial score (nSPS) is 16.0. The van der Waals surface area contributed by atoms with Crippen molar-refractivity contribution in [3.8, 4) is 0 Å². The molecule has 63 heavy (non-hydrogen) atoms. The van der Waals surface area contributed by atoms with E-state index in [9.17, 15) is 39.6 Å². The predicted octanol–water partition coefficient (Wildman–Crippen LogP) is 7.10. The Hall–Kier alpha value is -4.59. The minimum Gasteiger partial charge on any atom is -0.380 e. The maximum absolute atomic E-state index is 14.1. The van der Waals surface area contributed by atoms with E-state index < -0.39 is 52.8 Å². The van der Waals surface area contributed by atoms with E-state index in [1.807, 2.05) is 83.2 Å². The second kappa shape index (κ2) is 20.5. The molecule has 0 spiro atoms. The molecular formula is C44H50ClF3N6O6S3. The number of thioether (sulfide) groups is 1. The molecule has 1 saturated heterocycles. The van der Waals surface area contributed by atoms with Crippen molar-refractivity contribution in [3.05, 3.63) is 119 Å². The van der Waals surface area contributed by atoms with Gasteiger partial charge in [-0.25, -0.2) is 21.6 Å². The Bertz CT molecular complexity index is 2500. The van der Waals surface area contributed by atoms with Crippen LogP contribution in [0.4, 0.5) is 24.5 Å². The van der Waals surface area contributed by atoms with E-state index >= 15 is 0 Å². The molecule has 2 N–H and O–H groups in total. The number of nitrogens with one attached hydrogen (secondary N) is 2. The quantitative estimate of drug-likeness (QED) is 0.111. The molecule has 12 nitrogen and oxygen atoms in total. The average Bonchev–Trinajstić information content (AvgIpc) is 3.25. The summed E-state index contributed by atoms with van der Waals surface area (Å²) in [5.74, 6) is -0.655. The number of rotatable bonds is 16. The van der Waals surface area contributed by atoms with Gasteiger partial charge >= 0.3 is 5.51 Å². The summed E-state index contributed by atoms with van der Waals surface area (Å²) in [6, 6.07) is 25.1. The molecule has 1 fully saturated rings. The predicted molar refractivity (Wildman–Crippen MR) is 242 cm³/mol. The molecular weight excluding hydrogens is 897 g/mol. The summed E-state index contributed by atoms with van der Waals surface area (Å²) < 4.78 is 96.9. The summed E-state index contributed by atoms with van der Waals surface area (Å²) in [6.07, 6.45) is 1.17. The molecule has 0 bridgehead atoms. The number of sulfonamides is 1. The van der Waals surface area contributed by atoms with Crippen molar-refractivity contribution in [1.82, 2.24) is 19.4 Å². The maximum atomic E-state index is 14.1. The highest BCUT2D eigenvalue weighted by Gasteiger charge is 2.48. The van der Waals surface area contributed by atoms with Crippen molar-refractivity contribution in [2.75, 3.05) is 82.4 Å². The van der Waals surface area contributed by atoms with Crippen LogP contribution in [0.2, 0.25) is 5.02 Å². The highest BCUT2D eigenvalue weighted by molar-refractivity contribution is 7.99. The number of piperazine rings is 1. The number of benzene rings is 4. The fraction of sp³-hybridized carbons (Fsp3) is 0.364. The van der Waals surface area contributed by atoms with Gasteiger partial charge in [-0.2, -0.15) is 13.2 Å². The summed E-state index contributed by atoms with van der Waals surface area (Å²) in [4.78, 5) is 32.5. The van der Waals surface area contributed by atoms with Crippen LogP contribution in [-0.4, -0.2) is 127 Å². The summed E-state index contributed by atoms with van der Waals surface area (Å²) in [7, 11) is -7.24. The lowest BCUT2D eigenvalue weighted by Crippen LogP contribution is -2.48. The first-order valence-corrected chi connectivity index (χ1v) is 24.5. The molecule has 6 rings (SSSR count). The van der Waals surface area contributed by atoms with Crippen LogP contribution in [0.5, 0.6) is 0 Å². The number of hydrogen-bond donors (Lipinski definition) is 2. The third kappa shape index (κ3) is 12.4. The summed E-state index contributed by atoms with van der Waals surface area (Å²) in [5, 5.41) is 3.58. The largest absolute Gasteiger partial charge is 0.501 e. The highest BCUT2D eigenvalue weighted by Crippen LogP contribution is 2.37. The van der Waals surface area contributed by atoms with Gasteiger partial charge in [-0.3, -0.25) is 14.5 Å². The Kier molecular flexibility index (Phi) is 15.6. The number of hydrogen-bond acceptors (Lipinski definition) is 11. The minimum absolute atomic E-state index is 0.0314. The van der Waals surface area contributed by atoms with Gasteiger partial charge in [-0.1, -0.05) is 41.9 Å². The Morgan fingerprint density at radius 2 is 1.54 bits per heavy atom. The molecule has 338 valence electrons. The van der Waals surface area contributed by atoms with Gasteiger partial charge in [0.2, 0.25) is 5.91 Å². The molecule has 1 atom stereocenters. The van der Waals surface area contributed by atoms with Gasteiger partial charge < -0.3 is 20.0 Å². The number of sulfone groups is 1. The summed E-state index contributed by atoms with van der Waals surface area (Å²) in [6.45, 7) is 6.77. The number of alkyl halides is 3. The lowest BCUT2D eigenvalue weighted by atomic mass is 9.92. The minimum atomic E-state index is -6.05. The first-order chi connectivity index (χ1) is 29.8. The second-order valence-corrected chi connectivity index (χ2v) is 20.8. The van der Waals surface area contributed by atoms with Gasteiger partial charge in [0.15, 0.2) is 0 Å². The molecule has 0 saturated carbocycles. The molecule has 4 aromatic carbocycles. The molecule has 0 aliphatic carbocycles. The molecule has 0 aromatic heterocycles. The van der Waals surface area contributed by atoms with Crippen molar-refractivity contribution < 1.29 is 39.6 Å². The van der Waals surface area contributed by atoms with E-state index in [1.165, 1.54) is 35.0 Å². The van der Waals surface area contributed by atoms with Crippen LogP contribution in [0.1, 0.15) is 35.7 Å². The monoisotopic (exact) mass is 946 g/mol. The van der Waals surface area contributed by atoms with Crippen LogP contribution >= 0.6 is 23.4 Å². The number of amides is 2. The van der Waals surface area contributed by atoms with Crippen molar-refractivity contribution in [2.45, 2.75) is 46.0 Å². The number of nitrogens with zero attached hydrogens (tertiary/aromatic N) is 4. The fourth-order valence-electron chi connectivity index (χ4n) is 7.42. The first kappa shape index (κ1) is 47.9. The van der Waals surface area contributed by atoms with E-state index in [0.717, 1.165) is 47.8 Å². The van der Waals surface area contributed by atoms with Crippen LogP contribution < -0.4 is 14.9 Å². The number of carbonyl (C=O) groups excluding carboxylic acids is 2. The summed E-state index contributed by atoms with van der Waals surface area (Å²) >= 11 is 7.58. The zero-order chi connectivity index (χ0) is 45.5. The van der Waals surface area contributed by atoms with Crippen molar-refractivity contribution in [3.63, 3.8) is 0 Å². The highest BCUT2D eigenvalue weighted by atomic mass is 35.5. The third-order valence-corrected chi connectivity index (χ3v) is 15.2. The van der Waals surface area contributed by atoms with Crippen molar-refractivity contribution >= 4 is 72.0 Å². The van der Waals surface area contributed by atoms with Gasteiger partial charge in [-0.15, -0.1) is 11.8 Å². The van der Waals surface area contributed by atoms with Gasteiger partial charge in [0.05, 0.1) is 10.6 Å². The number of anilines is 2. The molecule has 0 radical (unpaired) electrons. The van der Waals surface area contributed by atoms with Crippen LogP contribution in [0.25, 0.3) is 5.57 Å². The van der Waals surface area contributed by atoms with Crippen LogP contribution in [0, 0.1) is 0 Å². The molecule has 2 amide bonds. The lowest BCUT2D eigenvalue weighted by molar-refractivity contribution is -0.128. The first-order valence-electron chi connectivity index (χ1n) is 20.2. The number of halogens is 4. The topological polar surface area (TPSA) is 139 Å². The van der Waals surface area contributed by atoms with Crippen molar-refractivity contribution in [2.24, 2.45) is 0 Å². The standard InChI is InChI=1S/C44H50ClF3N6O6S3/c1-31(55)54-22-20-40(32-9-13-35(45)14-10-32)34(29-54)28-52-23-25-53(26-24-52)37-15-11-33(12-16-37)43(56)50-63(59,60)39-17-18-41(42(27-39)62(57,58)44(46,47)48)49-36(19-21-51(2)3)30-61-38-7-5-4-6-8-38/h4-18,27,36,49H,19-26,28-30H2,1-3H3,(H,50,56)/t36-/m1/s1. The average molecular weight is 948 g/mol. The van der Waals surface area contributed by atoms with Gasteiger partial charge in [-0.05, 0) is 117 Å². The van der Waals surface area contributed by atoms with E-state index in [0.29, 0.717) is 62.5 Å². The van der Waals surface area contributed by atoms with E-state index in [2.05, 4.69) is 15.1 Å². The van der Waals surface area contributed by atoms with E-state index in [-0.39, 0.29) is 11.5 Å². The van der Waals surface area contributed by atoms with Crippen LogP contribution in [0.3, 0.4) is 0 Å². The maximum Gasteiger partial charge on any atom is 0.501 e. The molecule has 2 heterocycles. The zero-order valence-corrected chi connectivity index (χ0v) is 38.3. The van der Waals surface area contributed by atoms with Gasteiger partial charge in [0.1, 0.15) is 4.90 Å². The molecule has 2 aliphatic rings. The van der Waals surface area contributed by atoms with E-state index in [1.54, 1.807) is 19.1 Å². The van der Waals surface area contributed by atoms with Gasteiger partial charge in [0, 0.05) is 85.7 Å². The van der Waals surface area contributed by atoms with Crippen LogP contribution in [-0.2, 0) is 24.7 Å².